The van der Waals surface area contributed by atoms with Crippen LogP contribution in [0.2, 0.25) is 0 Å². The summed E-state index contributed by atoms with van der Waals surface area (Å²) in [4.78, 5) is 4.78. The van der Waals surface area contributed by atoms with Crippen molar-refractivity contribution in [3.05, 3.63) is 40.3 Å². The van der Waals surface area contributed by atoms with Gasteiger partial charge in [0.05, 0.1) is 4.21 Å². The summed E-state index contributed by atoms with van der Waals surface area (Å²) >= 11 is 1.44. The Bertz CT molecular complexity index is 447. The third-order valence-corrected chi connectivity index (χ3v) is 4.55. The fourth-order valence-electron chi connectivity index (χ4n) is 1.02. The second-order valence-electron chi connectivity index (χ2n) is 2.88. The monoisotopic (exact) mass is 254 g/mol. The first-order valence-corrected chi connectivity index (χ1v) is 6.69. The highest BCUT2D eigenvalue weighted by molar-refractivity contribution is 7.91. The van der Waals surface area contributed by atoms with Gasteiger partial charge >= 0.3 is 0 Å². The van der Waals surface area contributed by atoms with Crippen LogP contribution in [0.15, 0.2) is 44.6 Å². The number of thiophene rings is 1. The van der Waals surface area contributed by atoms with Gasteiger partial charge < -0.3 is 5.73 Å². The molecule has 1 aromatic rings. The smallest absolute Gasteiger partial charge is 0.132 e. The molecule has 0 saturated heterocycles. The van der Waals surface area contributed by atoms with E-state index < -0.39 is 10.8 Å². The molecule has 0 aliphatic carbocycles. The quantitative estimate of drug-likeness (QED) is 0.648. The van der Waals surface area contributed by atoms with Crippen molar-refractivity contribution in [2.75, 3.05) is 0 Å². The zero-order valence-corrected chi connectivity index (χ0v) is 10.7. The summed E-state index contributed by atoms with van der Waals surface area (Å²) in [5.41, 5.74) is 5.50. The van der Waals surface area contributed by atoms with Gasteiger partial charge in [0.2, 0.25) is 0 Å². The van der Waals surface area contributed by atoms with Gasteiger partial charge in [-0.2, -0.15) is 0 Å². The molecule has 0 fully saturated rings. The van der Waals surface area contributed by atoms with E-state index in [1.807, 2.05) is 25.1 Å². The highest BCUT2D eigenvalue weighted by Gasteiger charge is 2.10. The van der Waals surface area contributed by atoms with Gasteiger partial charge in [-0.1, -0.05) is 12.2 Å². The summed E-state index contributed by atoms with van der Waals surface area (Å²) in [7, 11) is -1.26. The van der Waals surface area contributed by atoms with Gasteiger partial charge in [0.25, 0.3) is 0 Å². The lowest BCUT2D eigenvalue weighted by Gasteiger charge is -1.97. The lowest BCUT2D eigenvalue weighted by Crippen LogP contribution is -1.92. The number of nitrogens with two attached hydrogens (primary N) is 1. The predicted octanol–water partition coefficient (Wildman–Crippen LogP) is 2.43. The van der Waals surface area contributed by atoms with Gasteiger partial charge in [0, 0.05) is 11.4 Å². The average Bonchev–Trinajstić information content (AvgIpc) is 2.78. The third kappa shape index (κ3) is 3.23. The van der Waals surface area contributed by atoms with Gasteiger partial charge in [-0.05, 0) is 31.9 Å². The van der Waals surface area contributed by atoms with E-state index in [1.54, 1.807) is 12.2 Å². The second-order valence-corrected chi connectivity index (χ2v) is 5.70. The van der Waals surface area contributed by atoms with Crippen molar-refractivity contribution < 1.29 is 4.21 Å². The van der Waals surface area contributed by atoms with Crippen LogP contribution < -0.4 is 5.73 Å². The standard InChI is InChI=1S/C11H14N2OS2/c1-3-4-5-10(13-2)16(14)11-7-6-9(8-12)15-11/h3-7H,2,8,12H2,1H3/b4-3-,10-5+. The molecule has 0 spiro atoms. The minimum absolute atomic E-state index is 0.462. The molecule has 1 aromatic heterocycles. The fraction of sp³-hybridized carbons (Fsp3) is 0.182. The molecule has 1 rings (SSSR count). The highest BCUT2D eigenvalue weighted by Crippen LogP contribution is 2.24. The molecule has 0 aliphatic rings. The number of hydrogen-bond acceptors (Lipinski definition) is 4. The Labute approximate surface area is 102 Å². The van der Waals surface area contributed by atoms with E-state index >= 15 is 0 Å². The number of hydrogen-bond donors (Lipinski definition) is 1. The van der Waals surface area contributed by atoms with Gasteiger partial charge in [-0.25, -0.2) is 4.21 Å². The van der Waals surface area contributed by atoms with E-state index in [4.69, 9.17) is 5.73 Å². The minimum atomic E-state index is -1.26. The molecule has 0 aromatic carbocycles. The molecule has 0 saturated carbocycles. The molecule has 0 bridgehead atoms. The largest absolute Gasteiger partial charge is 0.326 e. The Kier molecular flexibility index (Phi) is 5.31. The third-order valence-electron chi connectivity index (χ3n) is 1.80. The molecule has 0 aliphatic heterocycles. The van der Waals surface area contributed by atoms with E-state index in [0.717, 1.165) is 9.09 Å². The Balaban J connectivity index is 2.95. The summed E-state index contributed by atoms with van der Waals surface area (Å²) in [6.07, 6.45) is 5.34. The van der Waals surface area contributed by atoms with Crippen molar-refractivity contribution in [3.8, 4) is 0 Å². The number of rotatable bonds is 5. The average molecular weight is 254 g/mol. The van der Waals surface area contributed by atoms with Crippen LogP contribution in [0.25, 0.3) is 0 Å². The van der Waals surface area contributed by atoms with Crippen LogP contribution in [0, 0.1) is 0 Å². The van der Waals surface area contributed by atoms with E-state index in [2.05, 4.69) is 11.7 Å². The van der Waals surface area contributed by atoms with E-state index in [-0.39, 0.29) is 0 Å². The topological polar surface area (TPSA) is 55.5 Å². The molecule has 86 valence electrons. The van der Waals surface area contributed by atoms with Crippen LogP contribution >= 0.6 is 11.3 Å². The molecule has 3 nitrogen and oxygen atoms in total. The maximum atomic E-state index is 12.1. The number of aliphatic imine (C=N–C) groups is 1. The zero-order valence-electron chi connectivity index (χ0n) is 9.05. The van der Waals surface area contributed by atoms with Crippen molar-refractivity contribution in [2.45, 2.75) is 17.7 Å². The summed E-state index contributed by atoms with van der Waals surface area (Å²) in [6, 6.07) is 3.70. The molecule has 1 unspecified atom stereocenters. The Hall–Kier alpha value is -1.04. The fourth-order valence-corrected chi connectivity index (χ4v) is 3.23. The lowest BCUT2D eigenvalue weighted by molar-refractivity contribution is 0.688. The Morgan fingerprint density at radius 1 is 1.69 bits per heavy atom. The van der Waals surface area contributed by atoms with Crippen LogP contribution in [-0.2, 0) is 17.3 Å². The second kappa shape index (κ2) is 6.52. The van der Waals surface area contributed by atoms with Crippen molar-refractivity contribution in [2.24, 2.45) is 10.7 Å². The molecule has 5 heteroatoms. The van der Waals surface area contributed by atoms with Gasteiger partial charge in [0.15, 0.2) is 0 Å². The first-order chi connectivity index (χ1) is 7.72. The maximum Gasteiger partial charge on any atom is 0.132 e. The molecule has 1 atom stereocenters. The van der Waals surface area contributed by atoms with E-state index in [9.17, 15) is 4.21 Å². The molecule has 16 heavy (non-hydrogen) atoms. The van der Waals surface area contributed by atoms with Crippen molar-refractivity contribution in [3.63, 3.8) is 0 Å². The lowest BCUT2D eigenvalue weighted by atomic mass is 10.5. The van der Waals surface area contributed by atoms with E-state index in [0.29, 0.717) is 11.6 Å². The van der Waals surface area contributed by atoms with Gasteiger partial charge in [-0.3, -0.25) is 4.99 Å². The molecule has 1 heterocycles. The van der Waals surface area contributed by atoms with Crippen molar-refractivity contribution >= 4 is 28.9 Å². The van der Waals surface area contributed by atoms with Crippen LogP contribution in [0.5, 0.6) is 0 Å². The van der Waals surface area contributed by atoms with Crippen LogP contribution in [0.1, 0.15) is 11.8 Å². The first-order valence-electron chi connectivity index (χ1n) is 4.73. The summed E-state index contributed by atoms with van der Waals surface area (Å²) in [6.45, 7) is 5.78. The summed E-state index contributed by atoms with van der Waals surface area (Å²) in [5.74, 6) is 0. The Morgan fingerprint density at radius 3 is 2.94 bits per heavy atom. The molecule has 2 N–H and O–H groups in total. The summed E-state index contributed by atoms with van der Waals surface area (Å²) in [5, 5.41) is 0.462. The van der Waals surface area contributed by atoms with Gasteiger partial charge in [0.1, 0.15) is 15.8 Å². The molecule has 0 radical (unpaired) electrons. The van der Waals surface area contributed by atoms with Crippen LogP contribution in [0.4, 0.5) is 0 Å². The van der Waals surface area contributed by atoms with Crippen LogP contribution in [-0.4, -0.2) is 10.9 Å². The summed E-state index contributed by atoms with van der Waals surface area (Å²) < 4.78 is 12.8. The SMILES string of the molecule is C=N/C(=C\C=C/C)S(=O)c1ccc(CN)s1. The predicted molar refractivity (Wildman–Crippen MR) is 71.1 cm³/mol. The Morgan fingerprint density at radius 2 is 2.44 bits per heavy atom. The molecular formula is C11H14N2OS2. The number of allylic oxidation sites excluding steroid dienone is 3. The molecular weight excluding hydrogens is 240 g/mol. The zero-order chi connectivity index (χ0) is 12.0. The van der Waals surface area contributed by atoms with Crippen molar-refractivity contribution in [1.82, 2.24) is 0 Å². The minimum Gasteiger partial charge on any atom is -0.326 e. The number of nitrogens with zero attached hydrogens (tertiary/aromatic N) is 1. The van der Waals surface area contributed by atoms with Crippen molar-refractivity contribution in [1.29, 1.82) is 0 Å². The van der Waals surface area contributed by atoms with Crippen LogP contribution in [0.3, 0.4) is 0 Å². The van der Waals surface area contributed by atoms with E-state index in [1.165, 1.54) is 11.3 Å². The molecule has 0 amide bonds. The maximum absolute atomic E-state index is 12.1. The normalized spacial score (nSPS) is 14.2. The van der Waals surface area contributed by atoms with Gasteiger partial charge in [-0.15, -0.1) is 11.3 Å². The highest BCUT2D eigenvalue weighted by atomic mass is 32.2. The first kappa shape index (κ1) is 13.0.